The van der Waals surface area contributed by atoms with Crippen molar-refractivity contribution in [3.8, 4) is 0 Å². The summed E-state index contributed by atoms with van der Waals surface area (Å²) in [5.74, 6) is -0.230. The van der Waals surface area contributed by atoms with E-state index < -0.39 is 0 Å². The molecule has 1 N–H and O–H groups in total. The number of aromatic amines is 1. The summed E-state index contributed by atoms with van der Waals surface area (Å²) in [5, 5.41) is 4.19. The number of H-pyrrole nitrogens is 1. The molecule has 0 aliphatic rings. The fourth-order valence-electron chi connectivity index (χ4n) is 2.32. The molecule has 0 bridgehead atoms. The molecule has 0 aliphatic carbocycles. The summed E-state index contributed by atoms with van der Waals surface area (Å²) in [6.07, 6.45) is 3.64. The molecule has 2 heterocycles. The van der Waals surface area contributed by atoms with E-state index in [0.717, 1.165) is 11.0 Å². The van der Waals surface area contributed by atoms with Crippen LogP contribution < -0.4 is 0 Å². The Morgan fingerprint density at radius 1 is 1.50 bits per heavy atom. The third-order valence-electron chi connectivity index (χ3n) is 3.21. The maximum atomic E-state index is 13.8. The summed E-state index contributed by atoms with van der Waals surface area (Å²) in [7, 11) is 0. The van der Waals surface area contributed by atoms with Crippen LogP contribution in [0.15, 0.2) is 30.6 Å². The van der Waals surface area contributed by atoms with Crippen LogP contribution in [0.5, 0.6) is 0 Å². The second-order valence-corrected chi connectivity index (χ2v) is 6.21. The molecule has 104 valence electrons. The molecule has 1 aromatic carbocycles. The van der Waals surface area contributed by atoms with E-state index in [0.29, 0.717) is 14.9 Å². The van der Waals surface area contributed by atoms with E-state index in [1.54, 1.807) is 12.3 Å². The number of fused-ring (bicyclic) bond motifs is 1. The third kappa shape index (κ3) is 2.39. The molecule has 0 amide bonds. The molecule has 1 unspecified atom stereocenters. The van der Waals surface area contributed by atoms with Crippen LogP contribution in [0.2, 0.25) is 0 Å². The van der Waals surface area contributed by atoms with Crippen LogP contribution in [0.3, 0.4) is 0 Å². The molecule has 0 radical (unpaired) electrons. The quantitative estimate of drug-likeness (QED) is 0.533. The minimum Gasteiger partial charge on any atom is -0.331 e. The predicted molar refractivity (Wildman–Crippen MR) is 86.7 cm³/mol. The van der Waals surface area contributed by atoms with Crippen molar-refractivity contribution in [2.24, 2.45) is 0 Å². The first-order valence-electron chi connectivity index (χ1n) is 6.13. The lowest BCUT2D eigenvalue weighted by Gasteiger charge is -2.14. The first-order valence-corrected chi connectivity index (χ1v) is 7.61. The van der Waals surface area contributed by atoms with Crippen LogP contribution >= 0.6 is 34.8 Å². The van der Waals surface area contributed by atoms with Gasteiger partial charge >= 0.3 is 0 Å². The van der Waals surface area contributed by atoms with Crippen molar-refractivity contribution in [1.29, 1.82) is 0 Å². The summed E-state index contributed by atoms with van der Waals surface area (Å²) in [6.45, 7) is 2.72. The topological polar surface area (TPSA) is 38.5 Å². The van der Waals surface area contributed by atoms with Crippen LogP contribution in [0.25, 0.3) is 11.0 Å². The Bertz CT molecular complexity index is 806. The van der Waals surface area contributed by atoms with Gasteiger partial charge in [0.1, 0.15) is 5.82 Å². The van der Waals surface area contributed by atoms with E-state index in [-0.39, 0.29) is 11.9 Å². The number of nitrogens with zero attached hydrogens (tertiary/aromatic N) is 3. The van der Waals surface area contributed by atoms with Gasteiger partial charge in [0.25, 0.3) is 0 Å². The minimum atomic E-state index is -0.230. The standard InChI is InChI=1S/C13H12FIN4S/c1-8(7-18-4-2-3-16-18)19-12-5-9(14)10(15)6-11(12)17-13(19)20/h2-6,8H,7H2,1H3,(H,17,20). The first-order chi connectivity index (χ1) is 9.56. The summed E-state index contributed by atoms with van der Waals surface area (Å²) in [5.41, 5.74) is 1.64. The number of halogens is 2. The molecular formula is C13H12FIN4S. The summed E-state index contributed by atoms with van der Waals surface area (Å²) in [6, 6.07) is 5.26. The number of benzene rings is 1. The van der Waals surface area contributed by atoms with Crippen molar-refractivity contribution in [3.05, 3.63) is 44.8 Å². The SMILES string of the molecule is CC(Cn1cccn1)n1c(=S)[nH]c2cc(I)c(F)cc21. The van der Waals surface area contributed by atoms with Gasteiger partial charge in [0, 0.05) is 18.5 Å². The maximum Gasteiger partial charge on any atom is 0.178 e. The van der Waals surface area contributed by atoms with Gasteiger partial charge in [0.15, 0.2) is 4.77 Å². The average Bonchev–Trinajstić information content (AvgIpc) is 2.97. The van der Waals surface area contributed by atoms with Crippen molar-refractivity contribution in [3.63, 3.8) is 0 Å². The van der Waals surface area contributed by atoms with Gasteiger partial charge in [-0.25, -0.2) is 4.39 Å². The lowest BCUT2D eigenvalue weighted by Crippen LogP contribution is -2.13. The molecule has 2 aromatic heterocycles. The number of rotatable bonds is 3. The molecule has 1 atom stereocenters. The molecule has 0 fully saturated rings. The molecule has 3 rings (SSSR count). The number of nitrogens with one attached hydrogen (secondary N) is 1. The molecule has 7 heteroatoms. The highest BCUT2D eigenvalue weighted by molar-refractivity contribution is 14.1. The van der Waals surface area contributed by atoms with Gasteiger partial charge in [-0.1, -0.05) is 0 Å². The second-order valence-electron chi connectivity index (χ2n) is 4.66. The highest BCUT2D eigenvalue weighted by Gasteiger charge is 2.14. The van der Waals surface area contributed by atoms with E-state index in [2.05, 4.69) is 10.1 Å². The molecular weight excluding hydrogens is 390 g/mol. The van der Waals surface area contributed by atoms with Gasteiger partial charge in [-0.05, 0) is 53.9 Å². The van der Waals surface area contributed by atoms with Crippen molar-refractivity contribution in [1.82, 2.24) is 19.3 Å². The normalized spacial score (nSPS) is 12.9. The van der Waals surface area contributed by atoms with Gasteiger partial charge in [-0.15, -0.1) is 0 Å². The number of imidazole rings is 1. The Balaban J connectivity index is 2.08. The maximum absolute atomic E-state index is 13.8. The van der Waals surface area contributed by atoms with E-state index >= 15 is 0 Å². The van der Waals surface area contributed by atoms with Crippen LogP contribution in [-0.4, -0.2) is 19.3 Å². The lowest BCUT2D eigenvalue weighted by atomic mass is 10.2. The highest BCUT2D eigenvalue weighted by Crippen LogP contribution is 2.24. The Kier molecular flexibility index (Phi) is 3.63. The Morgan fingerprint density at radius 3 is 3.00 bits per heavy atom. The zero-order valence-electron chi connectivity index (χ0n) is 10.7. The Hall–Kier alpha value is -1.22. The van der Waals surface area contributed by atoms with E-state index in [1.807, 2.05) is 51.0 Å². The molecule has 20 heavy (non-hydrogen) atoms. The van der Waals surface area contributed by atoms with E-state index in [9.17, 15) is 4.39 Å². The van der Waals surface area contributed by atoms with Crippen molar-refractivity contribution < 1.29 is 4.39 Å². The fourth-order valence-corrected chi connectivity index (χ4v) is 3.17. The summed E-state index contributed by atoms with van der Waals surface area (Å²) >= 11 is 7.34. The number of hydrogen-bond acceptors (Lipinski definition) is 2. The average molecular weight is 402 g/mol. The zero-order chi connectivity index (χ0) is 14.3. The highest BCUT2D eigenvalue weighted by atomic mass is 127. The van der Waals surface area contributed by atoms with Gasteiger partial charge in [0.05, 0.1) is 27.2 Å². The van der Waals surface area contributed by atoms with Crippen LogP contribution in [-0.2, 0) is 6.54 Å². The predicted octanol–water partition coefficient (Wildman–Crippen LogP) is 3.90. The molecule has 0 aliphatic heterocycles. The van der Waals surface area contributed by atoms with Crippen molar-refractivity contribution in [2.75, 3.05) is 0 Å². The smallest absolute Gasteiger partial charge is 0.178 e. The summed E-state index contributed by atoms with van der Waals surface area (Å²) in [4.78, 5) is 3.13. The number of hydrogen-bond donors (Lipinski definition) is 1. The zero-order valence-corrected chi connectivity index (χ0v) is 13.7. The van der Waals surface area contributed by atoms with E-state index in [4.69, 9.17) is 12.2 Å². The molecule has 3 aromatic rings. The number of aromatic nitrogens is 4. The third-order valence-corrected chi connectivity index (χ3v) is 4.34. The Labute approximate surface area is 133 Å². The van der Waals surface area contributed by atoms with Crippen LogP contribution in [0, 0.1) is 14.2 Å². The lowest BCUT2D eigenvalue weighted by molar-refractivity contribution is 0.442. The molecule has 0 spiro atoms. The molecule has 0 saturated heterocycles. The monoisotopic (exact) mass is 402 g/mol. The Morgan fingerprint density at radius 2 is 2.30 bits per heavy atom. The summed E-state index contributed by atoms with van der Waals surface area (Å²) < 4.78 is 18.7. The van der Waals surface area contributed by atoms with Gasteiger partial charge in [-0.2, -0.15) is 5.10 Å². The van der Waals surface area contributed by atoms with Crippen LogP contribution in [0.4, 0.5) is 4.39 Å². The van der Waals surface area contributed by atoms with Gasteiger partial charge in [-0.3, -0.25) is 4.68 Å². The van der Waals surface area contributed by atoms with Crippen LogP contribution in [0.1, 0.15) is 13.0 Å². The largest absolute Gasteiger partial charge is 0.331 e. The van der Waals surface area contributed by atoms with Crippen molar-refractivity contribution >= 4 is 45.8 Å². The van der Waals surface area contributed by atoms with Gasteiger partial charge in [0.2, 0.25) is 0 Å². The minimum absolute atomic E-state index is 0.0793. The molecule has 0 saturated carbocycles. The molecule has 4 nitrogen and oxygen atoms in total. The van der Waals surface area contributed by atoms with Gasteiger partial charge < -0.3 is 9.55 Å². The van der Waals surface area contributed by atoms with Crippen molar-refractivity contribution in [2.45, 2.75) is 19.5 Å². The first kappa shape index (κ1) is 13.7. The van der Waals surface area contributed by atoms with E-state index in [1.165, 1.54) is 6.07 Å². The second kappa shape index (κ2) is 5.28. The fraction of sp³-hybridized carbons (Fsp3) is 0.231.